The van der Waals surface area contributed by atoms with Gasteiger partial charge in [0, 0.05) is 10.6 Å². The van der Waals surface area contributed by atoms with E-state index < -0.39 is 0 Å². The van der Waals surface area contributed by atoms with Crippen molar-refractivity contribution in [3.05, 3.63) is 64.9 Å². The van der Waals surface area contributed by atoms with Gasteiger partial charge in [0.25, 0.3) is 0 Å². The number of ether oxygens (including phenoxy) is 1. The molecule has 0 aliphatic rings. The molecule has 0 spiro atoms. The molecule has 2 aromatic carbocycles. The molecule has 106 valence electrons. The Labute approximate surface area is 123 Å². The topological polar surface area (TPSA) is 21.3 Å². The highest BCUT2D eigenvalue weighted by Gasteiger charge is 2.22. The molecule has 4 heteroatoms. The zero-order chi connectivity index (χ0) is 14.5. The predicted octanol–water partition coefficient (Wildman–Crippen LogP) is 4.21. The van der Waals surface area contributed by atoms with Gasteiger partial charge >= 0.3 is 0 Å². The summed E-state index contributed by atoms with van der Waals surface area (Å²) in [5, 5.41) is 3.71. The van der Waals surface area contributed by atoms with E-state index in [1.165, 1.54) is 6.07 Å². The first-order valence-electron chi connectivity index (χ1n) is 6.45. The first kappa shape index (κ1) is 14.8. The van der Waals surface area contributed by atoms with Crippen molar-refractivity contribution >= 4 is 11.6 Å². The van der Waals surface area contributed by atoms with Crippen molar-refractivity contribution in [1.29, 1.82) is 0 Å². The second-order valence-electron chi connectivity index (χ2n) is 4.57. The molecule has 0 aliphatic carbocycles. The van der Waals surface area contributed by atoms with Crippen molar-refractivity contribution in [2.45, 2.75) is 19.1 Å². The summed E-state index contributed by atoms with van der Waals surface area (Å²) in [5.74, 6) is 0.426. The Morgan fingerprint density at radius 1 is 1.15 bits per heavy atom. The van der Waals surface area contributed by atoms with E-state index in [-0.39, 0.29) is 18.0 Å². The van der Waals surface area contributed by atoms with E-state index in [9.17, 15) is 4.39 Å². The lowest BCUT2D eigenvalue weighted by molar-refractivity contribution is 0.173. The first-order valence-corrected chi connectivity index (χ1v) is 6.83. The lowest BCUT2D eigenvalue weighted by Gasteiger charge is -2.25. The Kier molecular flexibility index (Phi) is 4.99. The summed E-state index contributed by atoms with van der Waals surface area (Å²) in [6, 6.07) is 13.6. The fourth-order valence-electron chi connectivity index (χ4n) is 2.19. The standard InChI is InChI=1S/C16H17ClFNO/c1-11(20-13-7-5-6-12(17)10-13)16(19-2)14-8-3-4-9-15(14)18/h3-11,16,19H,1-2H3. The van der Waals surface area contributed by atoms with Gasteiger partial charge in [-0.05, 0) is 38.2 Å². The Balaban J connectivity index is 2.18. The molecule has 0 aliphatic heterocycles. The Morgan fingerprint density at radius 3 is 2.55 bits per heavy atom. The molecule has 0 aromatic heterocycles. The van der Waals surface area contributed by atoms with Gasteiger partial charge in [0.05, 0.1) is 6.04 Å². The third-order valence-corrected chi connectivity index (χ3v) is 3.37. The van der Waals surface area contributed by atoms with E-state index in [1.54, 1.807) is 31.3 Å². The number of hydrogen-bond acceptors (Lipinski definition) is 2. The average Bonchev–Trinajstić information content (AvgIpc) is 2.41. The van der Waals surface area contributed by atoms with Crippen molar-refractivity contribution in [3.63, 3.8) is 0 Å². The molecule has 0 bridgehead atoms. The monoisotopic (exact) mass is 293 g/mol. The second-order valence-corrected chi connectivity index (χ2v) is 5.00. The average molecular weight is 294 g/mol. The summed E-state index contributed by atoms with van der Waals surface area (Å²) in [6.07, 6.45) is -0.240. The van der Waals surface area contributed by atoms with E-state index in [4.69, 9.17) is 16.3 Å². The van der Waals surface area contributed by atoms with Gasteiger partial charge < -0.3 is 10.1 Å². The van der Waals surface area contributed by atoms with Crippen LogP contribution in [-0.2, 0) is 0 Å². The van der Waals surface area contributed by atoms with Crippen LogP contribution in [0.3, 0.4) is 0 Å². The summed E-state index contributed by atoms with van der Waals surface area (Å²) < 4.78 is 19.7. The third kappa shape index (κ3) is 3.50. The minimum Gasteiger partial charge on any atom is -0.489 e. The number of benzene rings is 2. The van der Waals surface area contributed by atoms with Crippen LogP contribution in [0.25, 0.3) is 0 Å². The zero-order valence-electron chi connectivity index (χ0n) is 11.4. The number of nitrogens with one attached hydrogen (secondary N) is 1. The van der Waals surface area contributed by atoms with Gasteiger partial charge in [-0.25, -0.2) is 4.39 Å². The first-order chi connectivity index (χ1) is 9.61. The van der Waals surface area contributed by atoms with Crippen molar-refractivity contribution < 1.29 is 9.13 Å². The molecule has 1 N–H and O–H groups in total. The normalized spacial score (nSPS) is 13.8. The quantitative estimate of drug-likeness (QED) is 0.892. The minimum absolute atomic E-state index is 0.240. The van der Waals surface area contributed by atoms with E-state index in [0.717, 1.165) is 0 Å². The van der Waals surface area contributed by atoms with Gasteiger partial charge in [0.2, 0.25) is 0 Å². The molecule has 2 rings (SSSR count). The maximum Gasteiger partial charge on any atom is 0.128 e. The number of rotatable bonds is 5. The molecule has 0 heterocycles. The lowest BCUT2D eigenvalue weighted by atomic mass is 10.0. The summed E-state index contributed by atoms with van der Waals surface area (Å²) in [4.78, 5) is 0. The van der Waals surface area contributed by atoms with Crippen LogP contribution in [0.5, 0.6) is 5.75 Å². The molecule has 0 saturated heterocycles. The molecule has 20 heavy (non-hydrogen) atoms. The van der Waals surface area contributed by atoms with E-state index in [1.807, 2.05) is 25.1 Å². The van der Waals surface area contributed by atoms with Gasteiger partial charge in [0.15, 0.2) is 0 Å². The summed E-state index contributed by atoms with van der Waals surface area (Å²) in [7, 11) is 1.79. The van der Waals surface area contributed by atoms with Crippen LogP contribution in [0.4, 0.5) is 4.39 Å². The van der Waals surface area contributed by atoms with Gasteiger partial charge in [-0.1, -0.05) is 35.9 Å². The van der Waals surface area contributed by atoms with Crippen LogP contribution in [0, 0.1) is 5.82 Å². The molecule has 0 saturated carbocycles. The maximum atomic E-state index is 13.9. The van der Waals surface area contributed by atoms with Gasteiger partial charge in [-0.15, -0.1) is 0 Å². The van der Waals surface area contributed by atoms with Crippen LogP contribution in [0.15, 0.2) is 48.5 Å². The van der Waals surface area contributed by atoms with E-state index in [2.05, 4.69) is 5.32 Å². The molecular weight excluding hydrogens is 277 g/mol. The van der Waals surface area contributed by atoms with Gasteiger partial charge in [-0.2, -0.15) is 0 Å². The van der Waals surface area contributed by atoms with Crippen molar-refractivity contribution in [1.82, 2.24) is 5.32 Å². The van der Waals surface area contributed by atoms with Crippen LogP contribution >= 0.6 is 11.6 Å². The second kappa shape index (κ2) is 6.73. The Morgan fingerprint density at radius 2 is 1.90 bits per heavy atom. The number of likely N-dealkylation sites (N-methyl/N-ethyl adjacent to an activating group) is 1. The lowest BCUT2D eigenvalue weighted by Crippen LogP contribution is -2.32. The van der Waals surface area contributed by atoms with E-state index >= 15 is 0 Å². The van der Waals surface area contributed by atoms with Crippen molar-refractivity contribution in [3.8, 4) is 5.75 Å². The molecular formula is C16H17ClFNO. The molecule has 2 unspecified atom stereocenters. The van der Waals surface area contributed by atoms with Crippen molar-refractivity contribution in [2.75, 3.05) is 7.05 Å². The highest BCUT2D eigenvalue weighted by atomic mass is 35.5. The highest BCUT2D eigenvalue weighted by molar-refractivity contribution is 6.30. The van der Waals surface area contributed by atoms with Crippen LogP contribution < -0.4 is 10.1 Å². The Hall–Kier alpha value is -1.58. The summed E-state index contributed by atoms with van der Waals surface area (Å²) in [5.41, 5.74) is 0.588. The zero-order valence-corrected chi connectivity index (χ0v) is 12.2. The number of hydrogen-bond donors (Lipinski definition) is 1. The van der Waals surface area contributed by atoms with Crippen molar-refractivity contribution in [2.24, 2.45) is 0 Å². The molecule has 0 amide bonds. The largest absolute Gasteiger partial charge is 0.489 e. The molecule has 2 aromatic rings. The predicted molar refractivity (Wildman–Crippen MR) is 79.7 cm³/mol. The maximum absolute atomic E-state index is 13.9. The SMILES string of the molecule is CNC(c1ccccc1F)C(C)Oc1cccc(Cl)c1. The minimum atomic E-state index is -0.242. The highest BCUT2D eigenvalue weighted by Crippen LogP contribution is 2.25. The smallest absolute Gasteiger partial charge is 0.128 e. The number of halogens is 2. The molecule has 0 fully saturated rings. The van der Waals surface area contributed by atoms with Gasteiger partial charge in [-0.3, -0.25) is 0 Å². The molecule has 0 radical (unpaired) electrons. The summed E-state index contributed by atoms with van der Waals surface area (Å²) >= 11 is 5.93. The Bertz CT molecular complexity index is 576. The fourth-order valence-corrected chi connectivity index (χ4v) is 2.37. The van der Waals surface area contributed by atoms with Gasteiger partial charge in [0.1, 0.15) is 17.7 Å². The summed E-state index contributed by atoms with van der Waals surface area (Å²) in [6.45, 7) is 1.90. The van der Waals surface area contributed by atoms with Crippen LogP contribution in [-0.4, -0.2) is 13.2 Å². The fraction of sp³-hybridized carbons (Fsp3) is 0.250. The van der Waals surface area contributed by atoms with E-state index in [0.29, 0.717) is 16.3 Å². The molecule has 2 nitrogen and oxygen atoms in total. The van der Waals surface area contributed by atoms with Crippen LogP contribution in [0.2, 0.25) is 5.02 Å². The third-order valence-electron chi connectivity index (χ3n) is 3.14. The molecule has 2 atom stereocenters. The van der Waals surface area contributed by atoms with Crippen LogP contribution in [0.1, 0.15) is 18.5 Å².